The normalized spacial score (nSPS) is 21.8. The maximum absolute atomic E-state index is 12.2. The van der Waals surface area contributed by atoms with E-state index in [1.807, 2.05) is 6.92 Å². The number of hydrazine groups is 1. The van der Waals surface area contributed by atoms with Crippen LogP contribution in [0.15, 0.2) is 18.2 Å². The van der Waals surface area contributed by atoms with Crippen molar-refractivity contribution in [2.24, 2.45) is 5.84 Å². The molecule has 1 amide bonds. The van der Waals surface area contributed by atoms with E-state index in [9.17, 15) is 4.79 Å². The van der Waals surface area contributed by atoms with E-state index >= 15 is 0 Å². The Morgan fingerprint density at radius 1 is 1.55 bits per heavy atom. The van der Waals surface area contributed by atoms with Gasteiger partial charge in [0.2, 0.25) is 0 Å². The minimum Gasteiger partial charge on any atom is -0.378 e. The van der Waals surface area contributed by atoms with Crippen molar-refractivity contribution in [2.45, 2.75) is 18.9 Å². The van der Waals surface area contributed by atoms with Crippen molar-refractivity contribution >= 4 is 11.6 Å². The molecule has 0 radical (unpaired) electrons. The molecule has 1 aromatic carbocycles. The third-order valence-corrected chi connectivity index (χ3v) is 3.72. The molecule has 0 saturated carbocycles. The molecule has 1 heterocycles. The monoisotopic (exact) mass is 279 g/mol. The molecule has 1 aromatic rings. The van der Waals surface area contributed by atoms with Gasteiger partial charge >= 0.3 is 0 Å². The lowest BCUT2D eigenvalue weighted by atomic mass is 10.0. The fraction of sp³-hybridized carbons (Fsp3) is 0.500. The number of methoxy groups -OCH3 is 1. The van der Waals surface area contributed by atoms with Crippen molar-refractivity contribution in [3.8, 4) is 0 Å². The minimum atomic E-state index is -0.399. The van der Waals surface area contributed by atoms with Crippen LogP contribution in [0.3, 0.4) is 0 Å². The summed E-state index contributed by atoms with van der Waals surface area (Å²) in [6.45, 7) is 3.52. The Balaban J connectivity index is 1.99. The first-order chi connectivity index (χ1) is 9.60. The average molecular weight is 279 g/mol. The Morgan fingerprint density at radius 2 is 2.35 bits per heavy atom. The van der Waals surface area contributed by atoms with Crippen molar-refractivity contribution in [2.75, 3.05) is 32.3 Å². The number of aryl methyl sites for hydroxylation is 1. The largest absolute Gasteiger partial charge is 0.378 e. The number of amides is 1. The van der Waals surface area contributed by atoms with Crippen molar-refractivity contribution in [3.05, 3.63) is 29.3 Å². The van der Waals surface area contributed by atoms with Crippen molar-refractivity contribution < 1.29 is 14.3 Å². The van der Waals surface area contributed by atoms with Crippen LogP contribution in [-0.4, -0.2) is 38.4 Å². The molecule has 4 N–H and O–H groups in total. The number of nitrogens with one attached hydrogen (secondary N) is 2. The summed E-state index contributed by atoms with van der Waals surface area (Å²) in [4.78, 5) is 12.2. The molecule has 0 aromatic heterocycles. The predicted octanol–water partition coefficient (Wildman–Crippen LogP) is 0.816. The topological polar surface area (TPSA) is 85.6 Å². The summed E-state index contributed by atoms with van der Waals surface area (Å²) in [5.41, 5.74) is 4.52. The zero-order valence-electron chi connectivity index (χ0n) is 11.9. The van der Waals surface area contributed by atoms with E-state index in [4.69, 9.17) is 15.3 Å². The van der Waals surface area contributed by atoms with Gasteiger partial charge < -0.3 is 20.2 Å². The van der Waals surface area contributed by atoms with Crippen LogP contribution in [0, 0.1) is 6.92 Å². The molecule has 1 saturated heterocycles. The molecule has 6 heteroatoms. The number of nitrogens with two attached hydrogens (primary N) is 1. The van der Waals surface area contributed by atoms with Crippen LogP contribution < -0.4 is 16.6 Å². The number of carbonyl (C=O) groups is 1. The summed E-state index contributed by atoms with van der Waals surface area (Å²) < 4.78 is 10.8. The second-order valence-electron chi connectivity index (χ2n) is 5.05. The quantitative estimate of drug-likeness (QED) is 0.549. The molecule has 6 nitrogen and oxygen atoms in total. The molecule has 1 fully saturated rings. The van der Waals surface area contributed by atoms with Gasteiger partial charge in [-0.15, -0.1) is 0 Å². The Kier molecular flexibility index (Phi) is 4.59. The van der Waals surface area contributed by atoms with E-state index in [1.54, 1.807) is 25.3 Å². The van der Waals surface area contributed by atoms with E-state index in [-0.39, 0.29) is 5.91 Å². The average Bonchev–Trinajstić information content (AvgIpc) is 2.94. The molecule has 0 spiro atoms. The highest BCUT2D eigenvalue weighted by molar-refractivity contribution is 5.94. The highest BCUT2D eigenvalue weighted by Gasteiger charge is 2.35. The van der Waals surface area contributed by atoms with Gasteiger partial charge in [-0.1, -0.05) is 0 Å². The molecule has 1 atom stereocenters. The number of benzene rings is 1. The molecule has 1 aliphatic rings. The first-order valence-electron chi connectivity index (χ1n) is 6.58. The summed E-state index contributed by atoms with van der Waals surface area (Å²) in [7, 11) is 1.65. The van der Waals surface area contributed by atoms with E-state index in [0.29, 0.717) is 25.3 Å². The van der Waals surface area contributed by atoms with Gasteiger partial charge in [-0.05, 0) is 30.7 Å². The number of ether oxygens (including phenoxy) is 2. The standard InChI is InChI=1S/C14H21N3O3/c1-10-7-11(3-4-12(10)17-15)13(18)16-8-14(19-2)5-6-20-9-14/h3-4,7,17H,5-6,8-9,15H2,1-2H3,(H,16,18). The molecule has 0 aliphatic carbocycles. The van der Waals surface area contributed by atoms with Gasteiger partial charge in [0, 0.05) is 32.2 Å². The van der Waals surface area contributed by atoms with Crippen molar-refractivity contribution in [3.63, 3.8) is 0 Å². The fourth-order valence-corrected chi connectivity index (χ4v) is 2.27. The third kappa shape index (κ3) is 3.09. The summed E-state index contributed by atoms with van der Waals surface area (Å²) in [5.74, 6) is 5.25. The Bertz CT molecular complexity index is 485. The Morgan fingerprint density at radius 3 is 2.90 bits per heavy atom. The fourth-order valence-electron chi connectivity index (χ4n) is 2.27. The highest BCUT2D eigenvalue weighted by Crippen LogP contribution is 2.22. The van der Waals surface area contributed by atoms with Crippen LogP contribution in [-0.2, 0) is 9.47 Å². The number of rotatable bonds is 5. The van der Waals surface area contributed by atoms with Gasteiger partial charge in [0.15, 0.2) is 0 Å². The van der Waals surface area contributed by atoms with Gasteiger partial charge in [0.25, 0.3) is 5.91 Å². The third-order valence-electron chi connectivity index (χ3n) is 3.72. The summed E-state index contributed by atoms with van der Waals surface area (Å²) >= 11 is 0. The van der Waals surface area contributed by atoms with Crippen LogP contribution in [0.1, 0.15) is 22.3 Å². The first-order valence-corrected chi connectivity index (χ1v) is 6.58. The van der Waals surface area contributed by atoms with E-state index < -0.39 is 5.60 Å². The SMILES string of the molecule is COC1(CNC(=O)c2ccc(NN)c(C)c2)CCOC1. The van der Waals surface area contributed by atoms with Crippen LogP contribution in [0.25, 0.3) is 0 Å². The first kappa shape index (κ1) is 14.8. The molecule has 1 aliphatic heterocycles. The maximum Gasteiger partial charge on any atom is 0.251 e. The molecular weight excluding hydrogens is 258 g/mol. The summed E-state index contributed by atoms with van der Waals surface area (Å²) in [5, 5.41) is 2.90. The van der Waals surface area contributed by atoms with Crippen LogP contribution >= 0.6 is 0 Å². The van der Waals surface area contributed by atoms with Gasteiger partial charge in [0.1, 0.15) is 5.60 Å². The minimum absolute atomic E-state index is 0.125. The maximum atomic E-state index is 12.2. The number of carbonyl (C=O) groups excluding carboxylic acids is 1. The van der Waals surface area contributed by atoms with Crippen molar-refractivity contribution in [1.29, 1.82) is 0 Å². The second kappa shape index (κ2) is 6.21. The number of nitrogen functional groups attached to an aromatic ring is 1. The van der Waals surface area contributed by atoms with E-state index in [1.165, 1.54) is 0 Å². The number of hydrogen-bond donors (Lipinski definition) is 3. The molecule has 1 unspecified atom stereocenters. The Labute approximate surface area is 118 Å². The lowest BCUT2D eigenvalue weighted by Crippen LogP contribution is -2.45. The van der Waals surface area contributed by atoms with E-state index in [2.05, 4.69) is 10.7 Å². The summed E-state index contributed by atoms with van der Waals surface area (Å²) in [6.07, 6.45) is 0.791. The highest BCUT2D eigenvalue weighted by atomic mass is 16.5. The van der Waals surface area contributed by atoms with Gasteiger partial charge in [0.05, 0.1) is 12.3 Å². The summed E-state index contributed by atoms with van der Waals surface area (Å²) in [6, 6.07) is 5.33. The molecule has 0 bridgehead atoms. The molecule has 20 heavy (non-hydrogen) atoms. The van der Waals surface area contributed by atoms with Gasteiger partial charge in [-0.25, -0.2) is 0 Å². The lowest BCUT2D eigenvalue weighted by molar-refractivity contribution is -0.0148. The Hall–Kier alpha value is -1.63. The van der Waals surface area contributed by atoms with Crippen LogP contribution in [0.2, 0.25) is 0 Å². The molecule has 2 rings (SSSR count). The zero-order valence-corrected chi connectivity index (χ0v) is 11.9. The van der Waals surface area contributed by atoms with E-state index in [0.717, 1.165) is 17.7 Å². The smallest absolute Gasteiger partial charge is 0.251 e. The van der Waals surface area contributed by atoms with Crippen molar-refractivity contribution in [1.82, 2.24) is 5.32 Å². The molecular formula is C14H21N3O3. The number of hydrogen-bond acceptors (Lipinski definition) is 5. The van der Waals surface area contributed by atoms with Crippen LogP contribution in [0.4, 0.5) is 5.69 Å². The second-order valence-corrected chi connectivity index (χ2v) is 5.05. The lowest BCUT2D eigenvalue weighted by Gasteiger charge is -2.25. The predicted molar refractivity (Wildman–Crippen MR) is 76.5 cm³/mol. The van der Waals surface area contributed by atoms with Gasteiger partial charge in [-0.2, -0.15) is 0 Å². The zero-order chi connectivity index (χ0) is 14.6. The van der Waals surface area contributed by atoms with Gasteiger partial charge in [-0.3, -0.25) is 10.6 Å². The van der Waals surface area contributed by atoms with Crippen LogP contribution in [0.5, 0.6) is 0 Å². The number of anilines is 1. The molecule has 110 valence electrons.